The van der Waals surface area contributed by atoms with Crippen LogP contribution in [0.3, 0.4) is 0 Å². The number of carbonyl (C=O) groups is 3. The molecule has 0 radical (unpaired) electrons. The topological polar surface area (TPSA) is 90.4 Å². The van der Waals surface area contributed by atoms with E-state index in [-0.39, 0.29) is 24.3 Å². The number of benzene rings is 3. The molecule has 224 valence electrons. The molecule has 4 heterocycles. The number of aliphatic hydroxyl groups excluding tert-OH is 1. The van der Waals surface area contributed by atoms with E-state index in [1.165, 1.54) is 0 Å². The largest absolute Gasteiger partial charge is 0.394 e. The predicted octanol–water partition coefficient (Wildman–Crippen LogP) is 3.37. The molecule has 0 aliphatic carbocycles. The van der Waals surface area contributed by atoms with Crippen molar-refractivity contribution in [3.63, 3.8) is 0 Å². The molecule has 0 bridgehead atoms. The molecule has 4 aliphatic rings. The maximum absolute atomic E-state index is 14.8. The number of fused-ring (bicyclic) bond motifs is 2. The number of aliphatic hydroxyl groups is 1. The van der Waals surface area contributed by atoms with E-state index in [9.17, 15) is 19.5 Å². The van der Waals surface area contributed by atoms with E-state index in [0.717, 1.165) is 16.8 Å². The smallest absolute Gasteiger partial charge is 0.249 e. The van der Waals surface area contributed by atoms with Crippen molar-refractivity contribution in [2.24, 2.45) is 11.8 Å². The molecule has 1 spiro atoms. The van der Waals surface area contributed by atoms with Crippen LogP contribution in [0.25, 0.3) is 0 Å². The molecule has 8 heteroatoms. The standard InChI is InChI=1S/C36H35N3O5/c40-24-28(22-25-12-4-1-5-13-25)39-32-35(43)37(23-26-14-6-2-7-15-26)20-11-19-36(32)31(34(39)42)30-29(44-36)18-10-21-38(33(30)41)27-16-8-3-9-17-27/h1-19,28-32,40H,20-24H2/t28-,29+,30-,31+,32?,36+/m1/s1. The summed E-state index contributed by atoms with van der Waals surface area (Å²) in [5.41, 5.74) is 1.28. The normalized spacial score (nSPS) is 28.4. The molecular weight excluding hydrogens is 554 g/mol. The Hall–Kier alpha value is -4.53. The lowest BCUT2D eigenvalue weighted by Crippen LogP contribution is -2.58. The van der Waals surface area contributed by atoms with Crippen molar-refractivity contribution in [3.05, 3.63) is 126 Å². The molecule has 8 nitrogen and oxygen atoms in total. The van der Waals surface area contributed by atoms with E-state index in [1.807, 2.05) is 115 Å². The lowest BCUT2D eigenvalue weighted by atomic mass is 9.77. The first-order chi connectivity index (χ1) is 21.5. The minimum Gasteiger partial charge on any atom is -0.394 e. The first kappa shape index (κ1) is 28.3. The third kappa shape index (κ3) is 4.66. The number of para-hydroxylation sites is 1. The molecule has 7 rings (SSSR count). The zero-order valence-corrected chi connectivity index (χ0v) is 24.3. The van der Waals surface area contributed by atoms with Gasteiger partial charge in [-0.3, -0.25) is 14.4 Å². The van der Waals surface area contributed by atoms with Gasteiger partial charge < -0.3 is 24.5 Å². The van der Waals surface area contributed by atoms with Crippen LogP contribution < -0.4 is 4.90 Å². The van der Waals surface area contributed by atoms with Crippen LogP contribution >= 0.6 is 0 Å². The minimum atomic E-state index is -1.36. The third-order valence-electron chi connectivity index (χ3n) is 9.38. The van der Waals surface area contributed by atoms with E-state index in [2.05, 4.69) is 0 Å². The quantitative estimate of drug-likeness (QED) is 0.427. The van der Waals surface area contributed by atoms with Crippen molar-refractivity contribution >= 4 is 23.4 Å². The van der Waals surface area contributed by atoms with Crippen molar-refractivity contribution in [2.75, 3.05) is 24.6 Å². The summed E-state index contributed by atoms with van der Waals surface area (Å²) >= 11 is 0. The summed E-state index contributed by atoms with van der Waals surface area (Å²) in [6.45, 7) is 0.710. The van der Waals surface area contributed by atoms with Crippen molar-refractivity contribution < 1.29 is 24.2 Å². The van der Waals surface area contributed by atoms with Gasteiger partial charge >= 0.3 is 0 Å². The van der Waals surface area contributed by atoms with Gasteiger partial charge in [0.2, 0.25) is 17.7 Å². The van der Waals surface area contributed by atoms with Gasteiger partial charge in [-0.05, 0) is 29.7 Å². The van der Waals surface area contributed by atoms with E-state index in [1.54, 1.807) is 14.7 Å². The van der Waals surface area contributed by atoms with Crippen LogP contribution in [0.2, 0.25) is 0 Å². The zero-order valence-electron chi connectivity index (χ0n) is 24.3. The van der Waals surface area contributed by atoms with Gasteiger partial charge in [-0.1, -0.05) is 103 Å². The molecule has 1 unspecified atom stereocenters. The molecule has 3 amide bonds. The van der Waals surface area contributed by atoms with E-state index in [0.29, 0.717) is 26.1 Å². The maximum Gasteiger partial charge on any atom is 0.249 e. The van der Waals surface area contributed by atoms with Crippen LogP contribution in [-0.4, -0.2) is 76.1 Å². The van der Waals surface area contributed by atoms with Crippen molar-refractivity contribution in [2.45, 2.75) is 36.8 Å². The van der Waals surface area contributed by atoms with Crippen LogP contribution in [0.15, 0.2) is 115 Å². The molecule has 6 atom stereocenters. The summed E-state index contributed by atoms with van der Waals surface area (Å²) < 4.78 is 6.80. The summed E-state index contributed by atoms with van der Waals surface area (Å²) in [6.07, 6.45) is 7.20. The maximum atomic E-state index is 14.8. The molecule has 2 fully saturated rings. The lowest BCUT2D eigenvalue weighted by Gasteiger charge is -2.38. The Morgan fingerprint density at radius 3 is 2.14 bits per heavy atom. The molecule has 3 aromatic rings. The Bertz CT molecular complexity index is 1590. The second kappa shape index (κ2) is 11.5. The number of likely N-dealkylation sites (tertiary alicyclic amines) is 1. The van der Waals surface area contributed by atoms with Crippen molar-refractivity contribution in [1.29, 1.82) is 0 Å². The number of hydrogen-bond acceptors (Lipinski definition) is 5. The Kier molecular flexibility index (Phi) is 7.40. The summed E-state index contributed by atoms with van der Waals surface area (Å²) in [4.78, 5) is 48.7. The number of nitrogens with zero attached hydrogens (tertiary/aromatic N) is 3. The van der Waals surface area contributed by atoms with Crippen LogP contribution in [-0.2, 0) is 32.1 Å². The third-order valence-corrected chi connectivity index (χ3v) is 9.38. The van der Waals surface area contributed by atoms with Crippen LogP contribution in [0.1, 0.15) is 11.1 Å². The van der Waals surface area contributed by atoms with Gasteiger partial charge in [0.05, 0.1) is 30.6 Å². The van der Waals surface area contributed by atoms with Crippen LogP contribution in [0.4, 0.5) is 5.69 Å². The fraction of sp³-hybridized carbons (Fsp3) is 0.306. The molecule has 44 heavy (non-hydrogen) atoms. The van der Waals surface area contributed by atoms with Gasteiger partial charge in [0, 0.05) is 25.3 Å². The number of ether oxygens (including phenoxy) is 1. The van der Waals surface area contributed by atoms with E-state index < -0.39 is 35.6 Å². The highest BCUT2D eigenvalue weighted by Crippen LogP contribution is 2.54. The summed E-state index contributed by atoms with van der Waals surface area (Å²) in [5.74, 6) is -2.57. The highest BCUT2D eigenvalue weighted by molar-refractivity contribution is 6.04. The van der Waals surface area contributed by atoms with Gasteiger partial charge in [-0.2, -0.15) is 0 Å². The number of rotatable bonds is 7. The summed E-state index contributed by atoms with van der Waals surface area (Å²) in [5, 5.41) is 10.7. The fourth-order valence-corrected chi connectivity index (χ4v) is 7.44. The van der Waals surface area contributed by atoms with E-state index >= 15 is 0 Å². The highest BCUT2D eigenvalue weighted by Gasteiger charge is 2.72. The molecule has 2 saturated heterocycles. The summed E-state index contributed by atoms with van der Waals surface area (Å²) in [6, 6.07) is 27.0. The van der Waals surface area contributed by atoms with Gasteiger partial charge in [0.1, 0.15) is 11.6 Å². The summed E-state index contributed by atoms with van der Waals surface area (Å²) in [7, 11) is 0. The number of carbonyl (C=O) groups excluding carboxylic acids is 3. The monoisotopic (exact) mass is 589 g/mol. The number of amides is 3. The molecule has 1 N–H and O–H groups in total. The van der Waals surface area contributed by atoms with E-state index in [4.69, 9.17) is 4.74 Å². The Morgan fingerprint density at radius 1 is 0.795 bits per heavy atom. The second-order valence-corrected chi connectivity index (χ2v) is 11.9. The molecule has 3 aromatic carbocycles. The fourth-order valence-electron chi connectivity index (χ4n) is 7.44. The molecular formula is C36H35N3O5. The molecule has 0 aromatic heterocycles. The Balaban J connectivity index is 1.32. The zero-order chi connectivity index (χ0) is 30.3. The van der Waals surface area contributed by atoms with Gasteiger partial charge in [0.25, 0.3) is 0 Å². The Morgan fingerprint density at radius 2 is 1.45 bits per heavy atom. The first-order valence-corrected chi connectivity index (χ1v) is 15.2. The number of hydrogen-bond donors (Lipinski definition) is 1. The highest BCUT2D eigenvalue weighted by atomic mass is 16.5. The van der Waals surface area contributed by atoms with Gasteiger partial charge in [-0.25, -0.2) is 0 Å². The molecule has 4 aliphatic heterocycles. The number of anilines is 1. The van der Waals surface area contributed by atoms with Gasteiger partial charge in [-0.15, -0.1) is 0 Å². The second-order valence-electron chi connectivity index (χ2n) is 11.9. The SMILES string of the molecule is O=C1C2N([C@@H](CO)Cc3ccccc3)C(=O)[C@@H]3[C@@H]4C(=O)N(c5ccccc5)CC=C[C@@H]4O[C@]23C=CCN1Cc1ccccc1. The van der Waals surface area contributed by atoms with Crippen molar-refractivity contribution in [3.8, 4) is 0 Å². The average Bonchev–Trinajstić information content (AvgIpc) is 3.38. The predicted molar refractivity (Wildman–Crippen MR) is 165 cm³/mol. The first-order valence-electron chi connectivity index (χ1n) is 15.2. The Labute approximate surface area is 256 Å². The van der Waals surface area contributed by atoms with Gasteiger partial charge in [0.15, 0.2) is 0 Å². The van der Waals surface area contributed by atoms with Crippen LogP contribution in [0.5, 0.6) is 0 Å². The molecule has 0 saturated carbocycles. The average molecular weight is 590 g/mol. The van der Waals surface area contributed by atoms with Crippen molar-refractivity contribution in [1.82, 2.24) is 9.80 Å². The minimum absolute atomic E-state index is 0.211. The van der Waals surface area contributed by atoms with Crippen LogP contribution in [0, 0.1) is 11.8 Å². The lowest BCUT2D eigenvalue weighted by molar-refractivity contribution is -0.150.